The fraction of sp³-hybridized carbons (Fsp3) is 0.261. The minimum absolute atomic E-state index is 0.213. The smallest absolute Gasteiger partial charge is 0.169 e. The molecule has 3 heterocycles. The van der Waals surface area contributed by atoms with Crippen LogP contribution in [0.3, 0.4) is 0 Å². The number of nitrogens with zero attached hydrogens (tertiary/aromatic N) is 6. The van der Waals surface area contributed by atoms with Gasteiger partial charge in [-0.3, -0.25) is 4.68 Å². The average molecular weight is 431 g/mol. The van der Waals surface area contributed by atoms with Gasteiger partial charge in [0.15, 0.2) is 17.5 Å². The Morgan fingerprint density at radius 1 is 1.00 bits per heavy atom. The van der Waals surface area contributed by atoms with Crippen LogP contribution in [0.25, 0.3) is 22.6 Å². The first kappa shape index (κ1) is 21.4. The Hall–Kier alpha value is -3.85. The number of aromatic nitrogens is 6. The molecule has 0 unspecified atom stereocenters. The second-order valence-electron chi connectivity index (χ2n) is 7.54. The van der Waals surface area contributed by atoms with E-state index in [0.717, 1.165) is 41.5 Å². The molecule has 32 heavy (non-hydrogen) atoms. The van der Waals surface area contributed by atoms with Crippen LogP contribution in [0.15, 0.2) is 55.2 Å². The van der Waals surface area contributed by atoms with E-state index in [1.54, 1.807) is 17.1 Å². The first-order chi connectivity index (χ1) is 15.6. The highest BCUT2D eigenvalue weighted by Crippen LogP contribution is 2.22. The molecular weight excluding hydrogens is 404 g/mol. The van der Waals surface area contributed by atoms with Crippen molar-refractivity contribution >= 4 is 11.6 Å². The number of benzene rings is 1. The molecule has 0 atom stereocenters. The molecule has 0 fully saturated rings. The Labute approximate surface area is 186 Å². The van der Waals surface area contributed by atoms with E-state index in [1.165, 1.54) is 0 Å². The third kappa shape index (κ3) is 5.25. The molecule has 0 radical (unpaired) electrons. The summed E-state index contributed by atoms with van der Waals surface area (Å²) in [6, 6.07) is 8.03. The van der Waals surface area contributed by atoms with E-state index in [0.29, 0.717) is 29.7 Å². The van der Waals surface area contributed by atoms with Gasteiger partial charge in [0.1, 0.15) is 0 Å². The number of unbranched alkanes of at least 4 members (excludes halogenated alkanes) is 1. The van der Waals surface area contributed by atoms with Crippen LogP contribution in [0.4, 0.5) is 11.6 Å². The standard InChI is InChI=1S/C23H26N8O/c1-31-15-19(13-29-31)20-14-25-21(24)23(30-20)28-10-16-6-4-7-18(9-16)22-26-11-17(12-27-22)5-2-3-8-32/h4,6-7,9,11-15,32H,2-3,5,8,10H2,1H3,(H2,24,25)(H,28,30). The molecule has 9 nitrogen and oxygen atoms in total. The molecule has 4 rings (SSSR count). The molecule has 164 valence electrons. The van der Waals surface area contributed by atoms with E-state index in [4.69, 9.17) is 10.8 Å². The van der Waals surface area contributed by atoms with Gasteiger partial charge in [0.2, 0.25) is 0 Å². The third-order valence-electron chi connectivity index (χ3n) is 5.03. The number of aliphatic hydroxyl groups excluding tert-OH is 1. The van der Waals surface area contributed by atoms with Crippen molar-refractivity contribution in [2.75, 3.05) is 17.7 Å². The van der Waals surface area contributed by atoms with Crippen molar-refractivity contribution in [1.82, 2.24) is 29.7 Å². The van der Waals surface area contributed by atoms with Gasteiger partial charge in [-0.1, -0.05) is 18.2 Å². The fourth-order valence-corrected chi connectivity index (χ4v) is 3.30. The highest BCUT2D eigenvalue weighted by atomic mass is 16.2. The lowest BCUT2D eigenvalue weighted by atomic mass is 10.1. The lowest BCUT2D eigenvalue weighted by Crippen LogP contribution is -2.07. The summed E-state index contributed by atoms with van der Waals surface area (Å²) in [6.45, 7) is 0.743. The van der Waals surface area contributed by atoms with Crippen molar-refractivity contribution in [1.29, 1.82) is 0 Å². The summed E-state index contributed by atoms with van der Waals surface area (Å²) < 4.78 is 1.72. The topological polar surface area (TPSA) is 128 Å². The number of anilines is 2. The van der Waals surface area contributed by atoms with E-state index < -0.39 is 0 Å². The van der Waals surface area contributed by atoms with Gasteiger partial charge in [-0.15, -0.1) is 0 Å². The van der Waals surface area contributed by atoms with Gasteiger partial charge in [0.05, 0.1) is 18.1 Å². The largest absolute Gasteiger partial charge is 0.396 e. The monoisotopic (exact) mass is 430 g/mol. The number of nitrogen functional groups attached to an aromatic ring is 1. The van der Waals surface area contributed by atoms with Crippen molar-refractivity contribution in [3.05, 3.63) is 66.4 Å². The minimum atomic E-state index is 0.213. The fourth-order valence-electron chi connectivity index (χ4n) is 3.30. The Kier molecular flexibility index (Phi) is 6.66. The summed E-state index contributed by atoms with van der Waals surface area (Å²) in [4.78, 5) is 17.9. The normalized spacial score (nSPS) is 10.9. The van der Waals surface area contributed by atoms with Crippen LogP contribution < -0.4 is 11.1 Å². The van der Waals surface area contributed by atoms with Gasteiger partial charge >= 0.3 is 0 Å². The lowest BCUT2D eigenvalue weighted by molar-refractivity contribution is 0.284. The predicted octanol–water partition coefficient (Wildman–Crippen LogP) is 2.84. The average Bonchev–Trinajstić information content (AvgIpc) is 3.25. The zero-order chi connectivity index (χ0) is 22.3. The van der Waals surface area contributed by atoms with Crippen LogP contribution in [-0.2, 0) is 20.0 Å². The second-order valence-corrected chi connectivity index (χ2v) is 7.54. The first-order valence-corrected chi connectivity index (χ1v) is 10.5. The van der Waals surface area contributed by atoms with E-state index in [9.17, 15) is 0 Å². The van der Waals surface area contributed by atoms with Gasteiger partial charge in [-0.25, -0.2) is 19.9 Å². The molecule has 0 aliphatic rings. The second kappa shape index (κ2) is 9.97. The van der Waals surface area contributed by atoms with Crippen molar-refractivity contribution in [2.45, 2.75) is 25.8 Å². The predicted molar refractivity (Wildman–Crippen MR) is 123 cm³/mol. The van der Waals surface area contributed by atoms with Crippen molar-refractivity contribution in [3.8, 4) is 22.6 Å². The van der Waals surface area contributed by atoms with Gasteiger partial charge in [0, 0.05) is 49.9 Å². The molecule has 4 aromatic rings. The van der Waals surface area contributed by atoms with E-state index in [2.05, 4.69) is 30.4 Å². The van der Waals surface area contributed by atoms with Crippen LogP contribution in [0.2, 0.25) is 0 Å². The molecule has 3 aromatic heterocycles. The summed E-state index contributed by atoms with van der Waals surface area (Å²) in [5.74, 6) is 1.55. The maximum absolute atomic E-state index is 8.91. The quantitative estimate of drug-likeness (QED) is 0.346. The van der Waals surface area contributed by atoms with Gasteiger partial charge in [-0.05, 0) is 36.5 Å². The van der Waals surface area contributed by atoms with Crippen molar-refractivity contribution in [3.63, 3.8) is 0 Å². The Morgan fingerprint density at radius 2 is 1.84 bits per heavy atom. The Morgan fingerprint density at radius 3 is 2.59 bits per heavy atom. The summed E-state index contributed by atoms with van der Waals surface area (Å²) in [5, 5.41) is 16.4. The van der Waals surface area contributed by atoms with E-state index in [-0.39, 0.29) is 6.61 Å². The summed E-state index contributed by atoms with van der Waals surface area (Å²) in [7, 11) is 1.86. The van der Waals surface area contributed by atoms with Crippen LogP contribution in [-0.4, -0.2) is 41.4 Å². The number of nitrogens with one attached hydrogen (secondary N) is 1. The molecule has 0 aliphatic heterocycles. The molecule has 0 saturated heterocycles. The molecular formula is C23H26N8O. The maximum atomic E-state index is 8.91. The molecule has 0 aliphatic carbocycles. The van der Waals surface area contributed by atoms with Crippen LogP contribution >= 0.6 is 0 Å². The molecule has 0 spiro atoms. The van der Waals surface area contributed by atoms with Crippen LogP contribution in [0.1, 0.15) is 24.0 Å². The molecule has 1 aromatic carbocycles. The van der Waals surface area contributed by atoms with Crippen LogP contribution in [0.5, 0.6) is 0 Å². The Bertz CT molecular complexity index is 1170. The van der Waals surface area contributed by atoms with Gasteiger partial charge in [-0.2, -0.15) is 5.10 Å². The molecule has 0 saturated carbocycles. The number of aliphatic hydroxyl groups is 1. The number of aryl methyl sites for hydroxylation is 2. The third-order valence-corrected chi connectivity index (χ3v) is 5.03. The van der Waals surface area contributed by atoms with E-state index >= 15 is 0 Å². The molecule has 9 heteroatoms. The molecule has 0 amide bonds. The van der Waals surface area contributed by atoms with E-state index in [1.807, 2.05) is 49.9 Å². The minimum Gasteiger partial charge on any atom is -0.396 e. The highest BCUT2D eigenvalue weighted by Gasteiger charge is 2.09. The zero-order valence-electron chi connectivity index (χ0n) is 17.9. The summed E-state index contributed by atoms with van der Waals surface area (Å²) in [5.41, 5.74) is 10.7. The summed E-state index contributed by atoms with van der Waals surface area (Å²) >= 11 is 0. The number of nitrogens with two attached hydrogens (primary N) is 1. The maximum Gasteiger partial charge on any atom is 0.169 e. The molecule has 4 N–H and O–H groups in total. The molecule has 0 bridgehead atoms. The van der Waals surface area contributed by atoms with Gasteiger partial charge < -0.3 is 16.2 Å². The number of hydrogen-bond donors (Lipinski definition) is 3. The Balaban J connectivity index is 1.44. The van der Waals surface area contributed by atoms with Crippen molar-refractivity contribution < 1.29 is 5.11 Å². The van der Waals surface area contributed by atoms with Crippen molar-refractivity contribution in [2.24, 2.45) is 7.05 Å². The summed E-state index contributed by atoms with van der Waals surface area (Å²) in [6.07, 6.45) is 11.5. The number of hydrogen-bond acceptors (Lipinski definition) is 8. The van der Waals surface area contributed by atoms with Gasteiger partial charge in [0.25, 0.3) is 0 Å². The highest BCUT2D eigenvalue weighted by molar-refractivity contribution is 5.64. The number of rotatable bonds is 9. The first-order valence-electron chi connectivity index (χ1n) is 10.5. The SMILES string of the molecule is Cn1cc(-c2cnc(N)c(NCc3cccc(-c4ncc(CCCCO)cn4)c3)n2)cn1. The van der Waals surface area contributed by atoms with Crippen LogP contribution in [0, 0.1) is 0 Å². The zero-order valence-corrected chi connectivity index (χ0v) is 17.9. The lowest BCUT2D eigenvalue weighted by Gasteiger charge is -2.10.